The Kier molecular flexibility index (Phi) is 3.28. The molecule has 0 fully saturated rings. The summed E-state index contributed by atoms with van der Waals surface area (Å²) in [6.45, 7) is 0. The number of aliphatic carboxylic acids is 1. The summed E-state index contributed by atoms with van der Waals surface area (Å²) in [7, 11) is 0. The van der Waals surface area contributed by atoms with E-state index in [0.29, 0.717) is 4.88 Å². The second-order valence-electron chi connectivity index (χ2n) is 4.11. The third-order valence-electron chi connectivity index (χ3n) is 2.93. The molecule has 1 aromatic rings. The van der Waals surface area contributed by atoms with Crippen LogP contribution >= 0.6 is 11.3 Å². The fourth-order valence-corrected chi connectivity index (χ4v) is 3.26. The quantitative estimate of drug-likeness (QED) is 0.739. The van der Waals surface area contributed by atoms with Gasteiger partial charge in [0.05, 0.1) is 0 Å². The van der Waals surface area contributed by atoms with E-state index in [1.54, 1.807) is 0 Å². The molecule has 1 aliphatic rings. The van der Waals surface area contributed by atoms with Gasteiger partial charge in [0.15, 0.2) is 0 Å². The van der Waals surface area contributed by atoms with E-state index >= 15 is 0 Å². The van der Waals surface area contributed by atoms with Gasteiger partial charge in [0.1, 0.15) is 12.1 Å². The summed E-state index contributed by atoms with van der Waals surface area (Å²) < 4.78 is 0. The van der Waals surface area contributed by atoms with Gasteiger partial charge in [0.25, 0.3) is 0 Å². The molecule has 0 aliphatic heterocycles. The van der Waals surface area contributed by atoms with E-state index in [4.69, 9.17) is 10.8 Å². The van der Waals surface area contributed by atoms with Gasteiger partial charge in [0.2, 0.25) is 0 Å². The van der Waals surface area contributed by atoms with Gasteiger partial charge in [-0.3, -0.25) is 4.79 Å². The Morgan fingerprint density at radius 1 is 1.44 bits per heavy atom. The summed E-state index contributed by atoms with van der Waals surface area (Å²) in [6, 6.07) is 0.673. The van der Waals surface area contributed by atoms with Crippen LogP contribution in [0.25, 0.3) is 0 Å². The van der Waals surface area contributed by atoms with Crippen LogP contribution in [-0.2, 0) is 17.6 Å². The number of thiophene rings is 1. The summed E-state index contributed by atoms with van der Waals surface area (Å²) in [5.74, 6) is -1.17. The van der Waals surface area contributed by atoms with Crippen molar-refractivity contribution in [1.29, 1.82) is 0 Å². The third kappa shape index (κ3) is 2.11. The highest BCUT2D eigenvalue weighted by atomic mass is 32.1. The first kappa shape index (κ1) is 11.6. The highest BCUT2D eigenvalue weighted by molar-refractivity contribution is 7.12. The predicted molar refractivity (Wildman–Crippen MR) is 61.5 cm³/mol. The standard InChI is InChI=1S/C11H15NO3S/c12-9(11(14)15)10(13)8-5-6-3-1-2-4-7(6)16-8/h5,9-10,13H,1-4,12H2,(H,14,15). The second kappa shape index (κ2) is 4.53. The molecule has 0 radical (unpaired) electrons. The van der Waals surface area contributed by atoms with Gasteiger partial charge in [-0.25, -0.2) is 0 Å². The van der Waals surface area contributed by atoms with Crippen LogP contribution in [0.4, 0.5) is 0 Å². The lowest BCUT2D eigenvalue weighted by atomic mass is 9.98. The molecule has 4 nitrogen and oxygen atoms in total. The number of nitrogens with two attached hydrogens (primary N) is 1. The first-order chi connectivity index (χ1) is 7.59. The molecule has 5 heteroatoms. The number of carboxylic acids is 1. The molecular weight excluding hydrogens is 226 g/mol. The first-order valence-electron chi connectivity index (χ1n) is 5.37. The van der Waals surface area contributed by atoms with E-state index in [0.717, 1.165) is 12.8 Å². The largest absolute Gasteiger partial charge is 0.480 e. The van der Waals surface area contributed by atoms with Crippen LogP contribution in [0.2, 0.25) is 0 Å². The second-order valence-corrected chi connectivity index (χ2v) is 5.28. The van der Waals surface area contributed by atoms with Gasteiger partial charge in [-0.2, -0.15) is 0 Å². The Hall–Kier alpha value is -0.910. The zero-order chi connectivity index (χ0) is 11.7. The molecule has 0 saturated carbocycles. The molecule has 0 saturated heterocycles. The zero-order valence-electron chi connectivity index (χ0n) is 8.85. The van der Waals surface area contributed by atoms with Gasteiger partial charge in [-0.05, 0) is 37.3 Å². The first-order valence-corrected chi connectivity index (χ1v) is 6.19. The Balaban J connectivity index is 2.20. The van der Waals surface area contributed by atoms with E-state index in [2.05, 4.69) is 0 Å². The molecule has 2 atom stereocenters. The van der Waals surface area contributed by atoms with Crippen LogP contribution in [0.1, 0.15) is 34.3 Å². The minimum Gasteiger partial charge on any atom is -0.480 e. The normalized spacial score (nSPS) is 18.9. The van der Waals surface area contributed by atoms with Gasteiger partial charge < -0.3 is 15.9 Å². The number of hydrogen-bond acceptors (Lipinski definition) is 4. The van der Waals surface area contributed by atoms with Crippen molar-refractivity contribution in [2.75, 3.05) is 0 Å². The number of aliphatic hydroxyl groups excluding tert-OH is 1. The Labute approximate surface area is 97.7 Å². The average Bonchev–Trinajstić information content (AvgIpc) is 2.70. The Morgan fingerprint density at radius 2 is 2.12 bits per heavy atom. The maximum atomic E-state index is 10.7. The lowest BCUT2D eigenvalue weighted by Crippen LogP contribution is -2.36. The summed E-state index contributed by atoms with van der Waals surface area (Å²) in [5, 5.41) is 18.5. The molecular formula is C11H15NO3S. The highest BCUT2D eigenvalue weighted by Gasteiger charge is 2.26. The number of carbonyl (C=O) groups is 1. The molecule has 2 rings (SSSR count). The maximum absolute atomic E-state index is 10.7. The number of aliphatic hydroxyl groups is 1. The van der Waals surface area contributed by atoms with Crippen molar-refractivity contribution in [3.8, 4) is 0 Å². The molecule has 4 N–H and O–H groups in total. The van der Waals surface area contributed by atoms with E-state index in [1.165, 1.54) is 34.6 Å². The van der Waals surface area contributed by atoms with Gasteiger partial charge in [0, 0.05) is 9.75 Å². The van der Waals surface area contributed by atoms with Crippen molar-refractivity contribution in [3.05, 3.63) is 21.4 Å². The molecule has 16 heavy (non-hydrogen) atoms. The fourth-order valence-electron chi connectivity index (χ4n) is 1.97. The number of aryl methyl sites for hydroxylation is 2. The number of rotatable bonds is 3. The van der Waals surface area contributed by atoms with E-state index in [-0.39, 0.29) is 0 Å². The Bertz CT molecular complexity index is 378. The minimum atomic E-state index is -1.24. The molecule has 1 aliphatic carbocycles. The smallest absolute Gasteiger partial charge is 0.323 e. The third-order valence-corrected chi connectivity index (χ3v) is 4.24. The van der Waals surface area contributed by atoms with Crippen LogP contribution in [0.15, 0.2) is 6.07 Å². The van der Waals surface area contributed by atoms with Crippen molar-refractivity contribution in [2.24, 2.45) is 5.73 Å². The van der Waals surface area contributed by atoms with E-state index < -0.39 is 18.1 Å². The van der Waals surface area contributed by atoms with Crippen molar-refractivity contribution < 1.29 is 15.0 Å². The minimum absolute atomic E-state index is 0.682. The number of carboxylic acid groups (broad SMARTS) is 1. The van der Waals surface area contributed by atoms with Crippen LogP contribution in [0.5, 0.6) is 0 Å². The lowest BCUT2D eigenvalue weighted by Gasteiger charge is -2.12. The summed E-state index contributed by atoms with van der Waals surface area (Å²) in [5.41, 5.74) is 6.66. The summed E-state index contributed by atoms with van der Waals surface area (Å²) >= 11 is 1.50. The topological polar surface area (TPSA) is 83.6 Å². The van der Waals surface area contributed by atoms with Crippen LogP contribution in [0.3, 0.4) is 0 Å². The van der Waals surface area contributed by atoms with Crippen LogP contribution in [-0.4, -0.2) is 22.2 Å². The molecule has 0 amide bonds. The molecule has 88 valence electrons. The molecule has 1 aromatic heterocycles. The highest BCUT2D eigenvalue weighted by Crippen LogP contribution is 2.33. The molecule has 0 aromatic carbocycles. The average molecular weight is 241 g/mol. The van der Waals surface area contributed by atoms with Crippen molar-refractivity contribution >= 4 is 17.3 Å². The van der Waals surface area contributed by atoms with Gasteiger partial charge in [-0.15, -0.1) is 11.3 Å². The van der Waals surface area contributed by atoms with Gasteiger partial charge >= 0.3 is 5.97 Å². The van der Waals surface area contributed by atoms with Gasteiger partial charge in [-0.1, -0.05) is 0 Å². The molecule has 1 heterocycles. The summed E-state index contributed by atoms with van der Waals surface area (Å²) in [4.78, 5) is 12.6. The summed E-state index contributed by atoms with van der Waals surface area (Å²) in [6.07, 6.45) is 3.32. The predicted octanol–water partition coefficient (Wildman–Crippen LogP) is 1.07. The maximum Gasteiger partial charge on any atom is 0.323 e. The molecule has 2 unspecified atom stereocenters. The monoisotopic (exact) mass is 241 g/mol. The molecule has 0 bridgehead atoms. The van der Waals surface area contributed by atoms with Crippen molar-refractivity contribution in [1.82, 2.24) is 0 Å². The Morgan fingerprint density at radius 3 is 2.75 bits per heavy atom. The fraction of sp³-hybridized carbons (Fsp3) is 0.545. The molecule has 0 spiro atoms. The van der Waals surface area contributed by atoms with Crippen LogP contribution < -0.4 is 5.73 Å². The lowest BCUT2D eigenvalue weighted by molar-refractivity contribution is -0.141. The number of hydrogen-bond donors (Lipinski definition) is 3. The van der Waals surface area contributed by atoms with E-state index in [9.17, 15) is 9.90 Å². The van der Waals surface area contributed by atoms with Crippen molar-refractivity contribution in [3.63, 3.8) is 0 Å². The van der Waals surface area contributed by atoms with Crippen LogP contribution in [0, 0.1) is 0 Å². The SMILES string of the molecule is NC(C(=O)O)C(O)c1cc2c(s1)CCCC2. The van der Waals surface area contributed by atoms with E-state index in [1.807, 2.05) is 6.07 Å². The number of fused-ring (bicyclic) bond motifs is 1. The van der Waals surface area contributed by atoms with Crippen molar-refractivity contribution in [2.45, 2.75) is 37.8 Å². The zero-order valence-corrected chi connectivity index (χ0v) is 9.67.